The van der Waals surface area contributed by atoms with Crippen molar-refractivity contribution in [3.63, 3.8) is 0 Å². The van der Waals surface area contributed by atoms with E-state index in [0.717, 1.165) is 5.56 Å². The molecular formula is C29H32N6O4. The van der Waals surface area contributed by atoms with Crippen LogP contribution in [0.1, 0.15) is 44.4 Å². The summed E-state index contributed by atoms with van der Waals surface area (Å²) in [5.74, 6) is -0.581. The molecule has 2 N–H and O–H groups in total. The number of β-amino-alcohol motifs (C(OH)–C–C–N with tert-alkyl or cyclic N) is 1. The number of benzene rings is 1. The lowest BCUT2D eigenvalue weighted by Crippen LogP contribution is -2.49. The maximum absolute atomic E-state index is 14.2. The first-order valence-electron chi connectivity index (χ1n) is 12.6. The fraction of sp³-hybridized carbons (Fsp3) is 0.345. The minimum atomic E-state index is -1.13. The number of methoxy groups -OCH3 is 1. The Hall–Kier alpha value is -4.49. The Morgan fingerprint density at radius 2 is 1.92 bits per heavy atom. The van der Waals surface area contributed by atoms with Crippen LogP contribution in [0.4, 0.5) is 11.4 Å². The third-order valence-corrected chi connectivity index (χ3v) is 6.66. The second kappa shape index (κ2) is 11.5. The van der Waals surface area contributed by atoms with Crippen molar-refractivity contribution in [3.8, 4) is 12.1 Å². The van der Waals surface area contributed by atoms with Gasteiger partial charge in [0.25, 0.3) is 11.8 Å². The van der Waals surface area contributed by atoms with Crippen LogP contribution in [0, 0.1) is 11.5 Å². The first kappa shape index (κ1) is 27.5. The molecule has 39 heavy (non-hydrogen) atoms. The molecule has 3 aromatic rings. The van der Waals surface area contributed by atoms with Gasteiger partial charge in [-0.25, -0.2) is 4.98 Å². The number of aliphatic hydroxyl groups excluding tert-OH is 1. The molecule has 0 saturated carbocycles. The highest BCUT2D eigenvalue weighted by atomic mass is 16.5. The van der Waals surface area contributed by atoms with Crippen LogP contribution >= 0.6 is 0 Å². The maximum atomic E-state index is 14.2. The van der Waals surface area contributed by atoms with Gasteiger partial charge in [-0.1, -0.05) is 39.0 Å². The van der Waals surface area contributed by atoms with Gasteiger partial charge in [-0.3, -0.25) is 24.4 Å². The van der Waals surface area contributed by atoms with Gasteiger partial charge < -0.3 is 15.2 Å². The minimum Gasteiger partial charge on any atom is -0.481 e. The van der Waals surface area contributed by atoms with E-state index in [0.29, 0.717) is 22.8 Å². The number of aromatic nitrogens is 2. The van der Waals surface area contributed by atoms with Gasteiger partial charge in [0, 0.05) is 36.1 Å². The Kier molecular flexibility index (Phi) is 8.12. The summed E-state index contributed by atoms with van der Waals surface area (Å²) in [6, 6.07) is 12.1. The van der Waals surface area contributed by atoms with Crippen LogP contribution in [0.2, 0.25) is 0 Å². The molecule has 1 aliphatic rings. The van der Waals surface area contributed by atoms with E-state index in [1.54, 1.807) is 42.6 Å². The maximum Gasteiger partial charge on any atom is 0.252 e. The predicted octanol–water partition coefficient (Wildman–Crippen LogP) is 3.41. The van der Waals surface area contributed by atoms with Crippen LogP contribution in [0.5, 0.6) is 5.88 Å². The molecule has 2 amide bonds. The molecule has 3 atom stereocenters. The average Bonchev–Trinajstić information content (AvgIpc) is 3.32. The van der Waals surface area contributed by atoms with Crippen molar-refractivity contribution >= 4 is 23.2 Å². The van der Waals surface area contributed by atoms with Crippen LogP contribution in [0.3, 0.4) is 0 Å². The number of hydrogen-bond donors (Lipinski definition) is 2. The SMILES string of the molecule is COc1ccc(NC(=O)C(c2cccnc2)N(C(=O)[C@H]2C[C@@H](O)CN2C#N)c2ccc(C(C)(C)C)cc2)cn1. The molecule has 10 nitrogen and oxygen atoms in total. The van der Waals surface area contributed by atoms with E-state index >= 15 is 0 Å². The van der Waals surface area contributed by atoms with Crippen LogP contribution in [-0.4, -0.2) is 57.6 Å². The van der Waals surface area contributed by atoms with Gasteiger partial charge in [-0.2, -0.15) is 5.26 Å². The molecule has 1 saturated heterocycles. The lowest BCUT2D eigenvalue weighted by molar-refractivity contribution is -0.126. The quantitative estimate of drug-likeness (QED) is 0.446. The number of likely N-dealkylation sites (tertiary alicyclic amines) is 1. The summed E-state index contributed by atoms with van der Waals surface area (Å²) < 4.78 is 5.10. The molecule has 0 spiro atoms. The number of ether oxygens (including phenoxy) is 1. The summed E-state index contributed by atoms with van der Waals surface area (Å²) >= 11 is 0. The van der Waals surface area contributed by atoms with Gasteiger partial charge in [-0.15, -0.1) is 0 Å². The van der Waals surface area contributed by atoms with E-state index in [-0.39, 0.29) is 18.4 Å². The monoisotopic (exact) mass is 528 g/mol. The summed E-state index contributed by atoms with van der Waals surface area (Å²) in [7, 11) is 1.50. The third kappa shape index (κ3) is 6.16. The topological polar surface area (TPSA) is 132 Å². The Morgan fingerprint density at radius 1 is 1.18 bits per heavy atom. The molecule has 1 aliphatic heterocycles. The largest absolute Gasteiger partial charge is 0.481 e. The normalized spacial score (nSPS) is 17.7. The Labute approximate surface area is 227 Å². The molecule has 2 aromatic heterocycles. The Morgan fingerprint density at radius 3 is 2.49 bits per heavy atom. The highest BCUT2D eigenvalue weighted by Crippen LogP contribution is 2.33. The van der Waals surface area contributed by atoms with Crippen molar-refractivity contribution in [2.75, 3.05) is 23.9 Å². The number of aliphatic hydroxyl groups is 1. The lowest BCUT2D eigenvalue weighted by atomic mass is 9.87. The fourth-order valence-corrected chi connectivity index (χ4v) is 4.59. The molecule has 0 bridgehead atoms. The molecule has 1 fully saturated rings. The zero-order valence-corrected chi connectivity index (χ0v) is 22.4. The van der Waals surface area contributed by atoms with E-state index in [9.17, 15) is 20.0 Å². The average molecular weight is 529 g/mol. The number of nitrogens with zero attached hydrogens (tertiary/aromatic N) is 5. The Bertz CT molecular complexity index is 1330. The molecule has 202 valence electrons. The van der Waals surface area contributed by atoms with Gasteiger partial charge in [0.2, 0.25) is 5.88 Å². The van der Waals surface area contributed by atoms with Crippen molar-refractivity contribution in [1.29, 1.82) is 5.26 Å². The number of hydrogen-bond acceptors (Lipinski definition) is 8. The van der Waals surface area contributed by atoms with Crippen LogP contribution in [-0.2, 0) is 15.0 Å². The van der Waals surface area contributed by atoms with Gasteiger partial charge in [0.1, 0.15) is 12.1 Å². The van der Waals surface area contributed by atoms with Gasteiger partial charge in [0.05, 0.1) is 31.6 Å². The summed E-state index contributed by atoms with van der Waals surface area (Å²) in [6.07, 6.45) is 5.84. The number of carbonyl (C=O) groups excluding carboxylic acids is 2. The molecule has 4 rings (SSSR count). The lowest BCUT2D eigenvalue weighted by Gasteiger charge is -2.34. The summed E-state index contributed by atoms with van der Waals surface area (Å²) in [6.45, 7) is 6.31. The molecule has 0 radical (unpaired) electrons. The highest BCUT2D eigenvalue weighted by Gasteiger charge is 2.42. The second-order valence-electron chi connectivity index (χ2n) is 10.4. The number of nitriles is 1. The van der Waals surface area contributed by atoms with E-state index in [2.05, 4.69) is 36.1 Å². The zero-order valence-electron chi connectivity index (χ0n) is 22.4. The van der Waals surface area contributed by atoms with Crippen molar-refractivity contribution in [3.05, 3.63) is 78.2 Å². The Balaban J connectivity index is 1.81. The standard InChI is InChI=1S/C29H32N6O4/c1-29(2,3)20-7-10-22(11-8-20)35(28(38)24-14-23(36)17-34(24)18-30)26(19-6-5-13-31-15-19)27(37)33-21-9-12-25(39-4)32-16-21/h5-13,15-16,23-24,26,36H,14,17H2,1-4H3,(H,33,37)/t23-,24-,26?/m1/s1. The van der Waals surface area contributed by atoms with Crippen molar-refractivity contribution < 1.29 is 19.4 Å². The first-order valence-corrected chi connectivity index (χ1v) is 12.6. The van der Waals surface area contributed by atoms with Crippen LogP contribution < -0.4 is 15.0 Å². The van der Waals surface area contributed by atoms with E-state index < -0.39 is 30.0 Å². The minimum absolute atomic E-state index is 0.0466. The van der Waals surface area contributed by atoms with Crippen molar-refractivity contribution in [1.82, 2.24) is 14.9 Å². The molecule has 3 heterocycles. The van der Waals surface area contributed by atoms with Crippen molar-refractivity contribution in [2.45, 2.75) is 50.8 Å². The molecule has 0 aliphatic carbocycles. The smallest absolute Gasteiger partial charge is 0.252 e. The number of pyridine rings is 2. The van der Waals surface area contributed by atoms with Crippen LogP contribution in [0.25, 0.3) is 0 Å². The molecule has 1 aromatic carbocycles. The number of carbonyl (C=O) groups is 2. The summed E-state index contributed by atoms with van der Waals surface area (Å²) in [5, 5.41) is 22.8. The number of nitrogens with one attached hydrogen (secondary N) is 1. The summed E-state index contributed by atoms with van der Waals surface area (Å²) in [4.78, 5) is 39.1. The molecule has 10 heteroatoms. The fourth-order valence-electron chi connectivity index (χ4n) is 4.59. The second-order valence-corrected chi connectivity index (χ2v) is 10.4. The van der Waals surface area contributed by atoms with Gasteiger partial charge in [0.15, 0.2) is 6.19 Å². The van der Waals surface area contributed by atoms with E-state index in [1.165, 1.54) is 29.3 Å². The highest BCUT2D eigenvalue weighted by molar-refractivity contribution is 6.07. The van der Waals surface area contributed by atoms with Crippen molar-refractivity contribution in [2.24, 2.45) is 0 Å². The first-order chi connectivity index (χ1) is 18.6. The predicted molar refractivity (Wildman–Crippen MR) is 146 cm³/mol. The van der Waals surface area contributed by atoms with Gasteiger partial charge in [-0.05, 0) is 35.2 Å². The molecule has 1 unspecified atom stereocenters. The van der Waals surface area contributed by atoms with E-state index in [4.69, 9.17) is 4.74 Å². The zero-order chi connectivity index (χ0) is 28.2. The summed E-state index contributed by atoms with van der Waals surface area (Å²) in [5.41, 5.74) is 2.30. The third-order valence-electron chi connectivity index (χ3n) is 6.66. The number of anilines is 2. The molecular weight excluding hydrogens is 496 g/mol. The van der Waals surface area contributed by atoms with Gasteiger partial charge >= 0.3 is 0 Å². The number of rotatable bonds is 7. The number of amides is 2. The van der Waals surface area contributed by atoms with Crippen LogP contribution in [0.15, 0.2) is 67.1 Å². The van der Waals surface area contributed by atoms with E-state index in [1.807, 2.05) is 18.3 Å².